The Morgan fingerprint density at radius 3 is 2.76 bits per heavy atom. The maximum Gasteiger partial charge on any atom is 0.190 e. The summed E-state index contributed by atoms with van der Waals surface area (Å²) in [6.45, 7) is 3.15. The predicted octanol–water partition coefficient (Wildman–Crippen LogP) is 3.21. The first-order valence-electron chi connectivity index (χ1n) is 9.87. The van der Waals surface area contributed by atoms with Crippen LogP contribution in [0.1, 0.15) is 12.0 Å². The van der Waals surface area contributed by atoms with Crippen LogP contribution in [-0.2, 0) is 6.42 Å². The van der Waals surface area contributed by atoms with Gasteiger partial charge in [-0.15, -0.1) is 0 Å². The van der Waals surface area contributed by atoms with Gasteiger partial charge in [-0.25, -0.2) is 8.78 Å². The fraction of sp³-hybridized carbons (Fsp3) is 0.409. The molecule has 5 nitrogen and oxygen atoms in total. The third-order valence-corrected chi connectivity index (χ3v) is 5.22. The van der Waals surface area contributed by atoms with Crippen LogP contribution in [-0.4, -0.2) is 46.3 Å². The Kier molecular flexibility index (Phi) is 7.27. The largest absolute Gasteiger partial charge is 0.496 e. The molecule has 156 valence electrons. The molecule has 0 aromatic heterocycles. The monoisotopic (exact) mass is 402 g/mol. The molecule has 2 aromatic rings. The number of rotatable bonds is 7. The van der Waals surface area contributed by atoms with Gasteiger partial charge < -0.3 is 20.3 Å². The van der Waals surface area contributed by atoms with Crippen molar-refractivity contribution in [1.29, 1.82) is 0 Å². The zero-order chi connectivity index (χ0) is 20.6. The lowest BCUT2D eigenvalue weighted by Gasteiger charge is -2.19. The molecule has 0 radical (unpaired) electrons. The predicted molar refractivity (Wildman–Crippen MR) is 113 cm³/mol. The molecule has 1 fully saturated rings. The molecule has 0 aliphatic carbocycles. The van der Waals surface area contributed by atoms with Crippen molar-refractivity contribution in [2.24, 2.45) is 10.9 Å². The smallest absolute Gasteiger partial charge is 0.190 e. The number of ether oxygens (including phenoxy) is 1. The average Bonchev–Trinajstić information content (AvgIpc) is 3.22. The zero-order valence-electron chi connectivity index (χ0n) is 16.9. The summed E-state index contributed by atoms with van der Waals surface area (Å²) in [6, 6.07) is 12.1. The molecule has 1 saturated heterocycles. The highest BCUT2D eigenvalue weighted by Gasteiger charge is 2.23. The Labute approximate surface area is 170 Å². The molecule has 1 atom stereocenters. The van der Waals surface area contributed by atoms with E-state index < -0.39 is 11.6 Å². The first-order chi connectivity index (χ1) is 14.1. The zero-order valence-corrected chi connectivity index (χ0v) is 16.9. The molecule has 2 N–H and O–H groups in total. The molecule has 1 aliphatic heterocycles. The molecule has 2 aromatic carbocycles. The molecule has 29 heavy (non-hydrogen) atoms. The van der Waals surface area contributed by atoms with Crippen LogP contribution in [0.15, 0.2) is 47.5 Å². The third kappa shape index (κ3) is 5.59. The average molecular weight is 402 g/mol. The van der Waals surface area contributed by atoms with Crippen molar-refractivity contribution in [3.05, 3.63) is 59.7 Å². The summed E-state index contributed by atoms with van der Waals surface area (Å²) in [6.07, 6.45) is 1.82. The van der Waals surface area contributed by atoms with Crippen LogP contribution in [0.3, 0.4) is 0 Å². The number of nitrogens with one attached hydrogen (secondary N) is 2. The Morgan fingerprint density at radius 1 is 1.17 bits per heavy atom. The maximum absolute atomic E-state index is 13.5. The van der Waals surface area contributed by atoms with Crippen LogP contribution >= 0.6 is 0 Å². The van der Waals surface area contributed by atoms with Crippen LogP contribution in [0.5, 0.6) is 5.75 Å². The fourth-order valence-electron chi connectivity index (χ4n) is 3.60. The summed E-state index contributed by atoms with van der Waals surface area (Å²) in [5.74, 6) is 0.445. The molecule has 1 unspecified atom stereocenters. The maximum atomic E-state index is 13.5. The number of anilines is 1. The highest BCUT2D eigenvalue weighted by atomic mass is 19.2. The molecule has 3 rings (SSSR count). The number of hydrogen-bond acceptors (Lipinski definition) is 3. The van der Waals surface area contributed by atoms with Gasteiger partial charge in [-0.05, 0) is 42.5 Å². The van der Waals surface area contributed by atoms with E-state index in [9.17, 15) is 8.78 Å². The summed E-state index contributed by atoms with van der Waals surface area (Å²) in [4.78, 5) is 6.37. The number of benzene rings is 2. The number of hydrogen-bond donors (Lipinski definition) is 2. The second-order valence-corrected chi connectivity index (χ2v) is 7.14. The van der Waals surface area contributed by atoms with Crippen molar-refractivity contribution < 1.29 is 13.5 Å². The lowest BCUT2D eigenvalue weighted by Crippen LogP contribution is -2.41. The van der Waals surface area contributed by atoms with Crippen molar-refractivity contribution >= 4 is 11.6 Å². The van der Waals surface area contributed by atoms with Gasteiger partial charge in [0, 0.05) is 45.0 Å². The van der Waals surface area contributed by atoms with E-state index in [1.54, 1.807) is 20.2 Å². The Hall–Kier alpha value is -2.83. The first-order valence-corrected chi connectivity index (χ1v) is 9.87. The molecule has 0 spiro atoms. The summed E-state index contributed by atoms with van der Waals surface area (Å²) >= 11 is 0. The van der Waals surface area contributed by atoms with Crippen LogP contribution in [0, 0.1) is 17.6 Å². The number of nitrogens with zero attached hydrogens (tertiary/aromatic N) is 2. The van der Waals surface area contributed by atoms with Gasteiger partial charge in [0.25, 0.3) is 0 Å². The van der Waals surface area contributed by atoms with Crippen molar-refractivity contribution in [3.8, 4) is 5.75 Å². The van der Waals surface area contributed by atoms with Gasteiger partial charge in [0.05, 0.1) is 7.11 Å². The first kappa shape index (κ1) is 20.9. The van der Waals surface area contributed by atoms with Gasteiger partial charge in [-0.3, -0.25) is 4.99 Å². The van der Waals surface area contributed by atoms with Gasteiger partial charge in [0.15, 0.2) is 17.6 Å². The van der Waals surface area contributed by atoms with Crippen LogP contribution < -0.4 is 20.3 Å². The van der Waals surface area contributed by atoms with E-state index in [2.05, 4.69) is 26.6 Å². The van der Waals surface area contributed by atoms with E-state index in [1.807, 2.05) is 18.2 Å². The highest BCUT2D eigenvalue weighted by Crippen LogP contribution is 2.25. The molecule has 1 aliphatic rings. The number of para-hydroxylation sites is 1. The van der Waals surface area contributed by atoms with Gasteiger partial charge in [0.1, 0.15) is 5.75 Å². The van der Waals surface area contributed by atoms with E-state index in [-0.39, 0.29) is 0 Å². The van der Waals surface area contributed by atoms with Gasteiger partial charge >= 0.3 is 0 Å². The third-order valence-electron chi connectivity index (χ3n) is 5.22. The Morgan fingerprint density at radius 2 is 2.00 bits per heavy atom. The van der Waals surface area contributed by atoms with Crippen molar-refractivity contribution in [1.82, 2.24) is 10.6 Å². The number of guanidine groups is 1. The number of aliphatic imine (C=N–C) groups is 1. The molecule has 1 heterocycles. The summed E-state index contributed by atoms with van der Waals surface area (Å²) in [7, 11) is 3.43. The van der Waals surface area contributed by atoms with Crippen molar-refractivity contribution in [2.45, 2.75) is 12.8 Å². The topological polar surface area (TPSA) is 48.9 Å². The van der Waals surface area contributed by atoms with E-state index in [0.717, 1.165) is 62.0 Å². The summed E-state index contributed by atoms with van der Waals surface area (Å²) in [5.41, 5.74) is 1.88. The van der Waals surface area contributed by atoms with Crippen LogP contribution in [0.4, 0.5) is 14.5 Å². The van der Waals surface area contributed by atoms with Gasteiger partial charge in [-0.2, -0.15) is 0 Å². The molecule has 0 amide bonds. The quantitative estimate of drug-likeness (QED) is 0.552. The Balaban J connectivity index is 1.43. The number of halogens is 2. The lowest BCUT2D eigenvalue weighted by atomic mass is 10.1. The lowest BCUT2D eigenvalue weighted by molar-refractivity contribution is 0.409. The van der Waals surface area contributed by atoms with Gasteiger partial charge in [-0.1, -0.05) is 18.2 Å². The minimum Gasteiger partial charge on any atom is -0.496 e. The second-order valence-electron chi connectivity index (χ2n) is 7.14. The SMILES string of the molecule is CN=C(NCCc1ccccc1OC)NCC1CCN(c2ccc(F)c(F)c2)C1. The fourth-order valence-corrected chi connectivity index (χ4v) is 3.60. The van der Waals surface area contributed by atoms with Crippen LogP contribution in [0.2, 0.25) is 0 Å². The minimum absolute atomic E-state index is 0.413. The minimum atomic E-state index is -0.811. The van der Waals surface area contributed by atoms with Crippen molar-refractivity contribution in [3.63, 3.8) is 0 Å². The molecular formula is C22H28F2N4O. The molecule has 7 heteroatoms. The Bertz CT molecular complexity index is 843. The number of methoxy groups -OCH3 is 1. The van der Waals surface area contributed by atoms with E-state index in [4.69, 9.17) is 4.74 Å². The summed E-state index contributed by atoms with van der Waals surface area (Å²) in [5, 5.41) is 6.69. The normalized spacial score (nSPS) is 16.8. The van der Waals surface area contributed by atoms with Crippen LogP contribution in [0.25, 0.3) is 0 Å². The summed E-state index contributed by atoms with van der Waals surface area (Å²) < 4.78 is 32.0. The van der Waals surface area contributed by atoms with E-state index in [0.29, 0.717) is 5.92 Å². The van der Waals surface area contributed by atoms with Crippen molar-refractivity contribution in [2.75, 3.05) is 45.2 Å². The second kappa shape index (κ2) is 10.1. The van der Waals surface area contributed by atoms with E-state index >= 15 is 0 Å². The van der Waals surface area contributed by atoms with E-state index in [1.165, 1.54) is 12.1 Å². The molecular weight excluding hydrogens is 374 g/mol. The molecule has 0 saturated carbocycles. The molecule has 0 bridgehead atoms. The highest BCUT2D eigenvalue weighted by molar-refractivity contribution is 5.79. The standard InChI is InChI=1S/C22H28F2N4O/c1-25-22(26-11-9-17-5-3-4-6-21(17)29-2)27-14-16-10-12-28(15-16)18-7-8-19(23)20(24)13-18/h3-8,13,16H,9-12,14-15H2,1-2H3,(H2,25,26,27). The van der Waals surface area contributed by atoms with Gasteiger partial charge in [0.2, 0.25) is 0 Å².